The number of aromatic nitrogens is 2. The molecule has 0 aliphatic carbocycles. The van der Waals surface area contributed by atoms with E-state index >= 15 is 0 Å². The molecule has 19 heavy (non-hydrogen) atoms. The molecule has 0 saturated heterocycles. The molecular formula is C13H14N4O2. The number of nitrogens with two attached hydrogens (primary N) is 1. The second-order valence-electron chi connectivity index (χ2n) is 4.19. The summed E-state index contributed by atoms with van der Waals surface area (Å²) in [5.74, 6) is 2.22. The number of hydrogen-bond acceptors (Lipinski definition) is 6. The zero-order valence-electron chi connectivity index (χ0n) is 10.5. The fourth-order valence-corrected chi connectivity index (χ4v) is 2.14. The highest BCUT2D eigenvalue weighted by Crippen LogP contribution is 2.36. The van der Waals surface area contributed by atoms with Gasteiger partial charge >= 0.3 is 0 Å². The van der Waals surface area contributed by atoms with Crippen LogP contribution in [-0.2, 0) is 0 Å². The first-order chi connectivity index (χ1) is 9.29. The first-order valence-corrected chi connectivity index (χ1v) is 5.92. The summed E-state index contributed by atoms with van der Waals surface area (Å²) in [5.41, 5.74) is 6.85. The molecule has 1 aliphatic rings. The maximum absolute atomic E-state index is 5.75. The molecule has 0 saturated carbocycles. The minimum absolute atomic E-state index is 0.0272. The standard InChI is InChI=1S/C13H14N4O2/c1-18-11-12(14)15-7-16-13(11)17-9-6-19-10-5-3-2-4-8(9)10/h2-5,7,9H,6H2,1H3,(H3,14,15,16,17). The Balaban J connectivity index is 1.90. The van der Waals surface area contributed by atoms with E-state index in [1.54, 1.807) is 7.11 Å². The lowest BCUT2D eigenvalue weighted by molar-refractivity contribution is 0.339. The van der Waals surface area contributed by atoms with Crippen LogP contribution in [-0.4, -0.2) is 23.7 Å². The molecule has 1 unspecified atom stereocenters. The molecule has 3 rings (SSSR count). The first kappa shape index (κ1) is 11.6. The Labute approximate surface area is 110 Å². The van der Waals surface area contributed by atoms with Crippen LogP contribution in [0.4, 0.5) is 11.6 Å². The van der Waals surface area contributed by atoms with E-state index in [1.807, 2.05) is 24.3 Å². The summed E-state index contributed by atoms with van der Waals surface area (Å²) in [4.78, 5) is 8.06. The van der Waals surface area contributed by atoms with Gasteiger partial charge in [0.2, 0.25) is 5.75 Å². The first-order valence-electron chi connectivity index (χ1n) is 5.92. The quantitative estimate of drug-likeness (QED) is 0.870. The van der Waals surface area contributed by atoms with E-state index in [1.165, 1.54) is 6.33 Å². The van der Waals surface area contributed by atoms with E-state index in [4.69, 9.17) is 15.2 Å². The van der Waals surface area contributed by atoms with Crippen LogP contribution in [0.3, 0.4) is 0 Å². The van der Waals surface area contributed by atoms with Gasteiger partial charge in [-0.3, -0.25) is 0 Å². The summed E-state index contributed by atoms with van der Waals surface area (Å²) in [5, 5.41) is 3.28. The van der Waals surface area contributed by atoms with E-state index in [0.29, 0.717) is 24.0 Å². The topological polar surface area (TPSA) is 82.3 Å². The van der Waals surface area contributed by atoms with Crippen molar-refractivity contribution in [3.05, 3.63) is 36.2 Å². The smallest absolute Gasteiger partial charge is 0.203 e. The average Bonchev–Trinajstić information content (AvgIpc) is 2.83. The van der Waals surface area contributed by atoms with Crippen LogP contribution in [0.2, 0.25) is 0 Å². The van der Waals surface area contributed by atoms with Gasteiger partial charge < -0.3 is 20.5 Å². The molecule has 1 aromatic heterocycles. The monoisotopic (exact) mass is 258 g/mol. The average molecular weight is 258 g/mol. The molecule has 0 spiro atoms. The van der Waals surface area contributed by atoms with Gasteiger partial charge in [-0.1, -0.05) is 18.2 Å². The Kier molecular flexibility index (Phi) is 2.83. The predicted molar refractivity (Wildman–Crippen MR) is 71.3 cm³/mol. The number of para-hydroxylation sites is 1. The molecule has 1 aromatic carbocycles. The number of ether oxygens (including phenoxy) is 2. The van der Waals surface area contributed by atoms with Crippen LogP contribution in [0.15, 0.2) is 30.6 Å². The van der Waals surface area contributed by atoms with Crippen molar-refractivity contribution in [2.45, 2.75) is 6.04 Å². The van der Waals surface area contributed by atoms with E-state index in [2.05, 4.69) is 15.3 Å². The van der Waals surface area contributed by atoms with Crippen molar-refractivity contribution in [2.24, 2.45) is 0 Å². The molecule has 0 radical (unpaired) electrons. The van der Waals surface area contributed by atoms with E-state index in [9.17, 15) is 0 Å². The van der Waals surface area contributed by atoms with E-state index in [-0.39, 0.29) is 6.04 Å². The predicted octanol–water partition coefficient (Wildman–Crippen LogP) is 1.61. The van der Waals surface area contributed by atoms with E-state index in [0.717, 1.165) is 11.3 Å². The fraction of sp³-hybridized carbons (Fsp3) is 0.231. The van der Waals surface area contributed by atoms with Gasteiger partial charge in [0.15, 0.2) is 11.6 Å². The van der Waals surface area contributed by atoms with Crippen molar-refractivity contribution in [3.63, 3.8) is 0 Å². The Morgan fingerprint density at radius 3 is 3.05 bits per heavy atom. The summed E-state index contributed by atoms with van der Waals surface area (Å²) in [7, 11) is 1.54. The third kappa shape index (κ3) is 2.01. The summed E-state index contributed by atoms with van der Waals surface area (Å²) in [6.07, 6.45) is 1.40. The molecule has 2 aromatic rings. The van der Waals surface area contributed by atoms with Gasteiger partial charge in [-0.05, 0) is 6.07 Å². The molecule has 0 amide bonds. The lowest BCUT2D eigenvalue weighted by Crippen LogP contribution is -2.14. The highest BCUT2D eigenvalue weighted by Gasteiger charge is 2.25. The Bertz CT molecular complexity index is 603. The number of hydrogen-bond donors (Lipinski definition) is 2. The Hall–Kier alpha value is -2.50. The van der Waals surface area contributed by atoms with Gasteiger partial charge in [0.05, 0.1) is 13.2 Å². The Morgan fingerprint density at radius 1 is 1.37 bits per heavy atom. The van der Waals surface area contributed by atoms with Gasteiger partial charge in [-0.25, -0.2) is 9.97 Å². The van der Waals surface area contributed by atoms with Gasteiger partial charge in [0.25, 0.3) is 0 Å². The number of nitrogen functional groups attached to an aromatic ring is 1. The van der Waals surface area contributed by atoms with E-state index < -0.39 is 0 Å². The summed E-state index contributed by atoms with van der Waals surface area (Å²) < 4.78 is 10.8. The molecule has 98 valence electrons. The van der Waals surface area contributed by atoms with Crippen LogP contribution in [0, 0.1) is 0 Å². The number of benzene rings is 1. The molecule has 1 atom stereocenters. The van der Waals surface area contributed by atoms with Crippen LogP contribution >= 0.6 is 0 Å². The highest BCUT2D eigenvalue weighted by molar-refractivity contribution is 5.62. The molecule has 3 N–H and O–H groups in total. The molecular weight excluding hydrogens is 244 g/mol. The van der Waals surface area contributed by atoms with Gasteiger partial charge in [0, 0.05) is 5.56 Å². The minimum Gasteiger partial charge on any atom is -0.491 e. The van der Waals surface area contributed by atoms with Crippen molar-refractivity contribution in [3.8, 4) is 11.5 Å². The minimum atomic E-state index is 0.0272. The maximum Gasteiger partial charge on any atom is 0.203 e. The van der Waals surface area contributed by atoms with Gasteiger partial charge in [-0.2, -0.15) is 0 Å². The number of methoxy groups -OCH3 is 1. The third-order valence-electron chi connectivity index (χ3n) is 3.05. The normalized spacial score (nSPS) is 16.6. The number of nitrogens with zero attached hydrogens (tertiary/aromatic N) is 2. The molecule has 6 heteroatoms. The molecule has 1 aliphatic heterocycles. The second kappa shape index (κ2) is 4.64. The highest BCUT2D eigenvalue weighted by atomic mass is 16.5. The second-order valence-corrected chi connectivity index (χ2v) is 4.19. The van der Waals surface area contributed by atoms with Crippen LogP contribution in [0.1, 0.15) is 11.6 Å². The SMILES string of the molecule is COc1c(N)ncnc1NC1COc2ccccc21. The van der Waals surface area contributed by atoms with Crippen molar-refractivity contribution in [1.82, 2.24) is 9.97 Å². The molecule has 0 bridgehead atoms. The van der Waals surface area contributed by atoms with Crippen LogP contribution in [0.25, 0.3) is 0 Å². The molecule has 0 fully saturated rings. The zero-order chi connectivity index (χ0) is 13.2. The molecule has 2 heterocycles. The van der Waals surface area contributed by atoms with Crippen LogP contribution in [0.5, 0.6) is 11.5 Å². The number of anilines is 2. The Morgan fingerprint density at radius 2 is 2.21 bits per heavy atom. The van der Waals surface area contributed by atoms with Crippen molar-refractivity contribution in [1.29, 1.82) is 0 Å². The summed E-state index contributed by atoms with van der Waals surface area (Å²) >= 11 is 0. The zero-order valence-corrected chi connectivity index (χ0v) is 10.5. The fourth-order valence-electron chi connectivity index (χ4n) is 2.14. The molecule has 6 nitrogen and oxygen atoms in total. The van der Waals surface area contributed by atoms with Gasteiger partial charge in [-0.15, -0.1) is 0 Å². The van der Waals surface area contributed by atoms with Gasteiger partial charge in [0.1, 0.15) is 18.7 Å². The van der Waals surface area contributed by atoms with Crippen LogP contribution < -0.4 is 20.5 Å². The lowest BCUT2D eigenvalue weighted by Gasteiger charge is -2.15. The van der Waals surface area contributed by atoms with Crippen molar-refractivity contribution >= 4 is 11.6 Å². The third-order valence-corrected chi connectivity index (χ3v) is 3.05. The largest absolute Gasteiger partial charge is 0.491 e. The maximum atomic E-state index is 5.75. The summed E-state index contributed by atoms with van der Waals surface area (Å²) in [6, 6.07) is 7.93. The number of rotatable bonds is 3. The van der Waals surface area contributed by atoms with Crippen molar-refractivity contribution < 1.29 is 9.47 Å². The lowest BCUT2D eigenvalue weighted by atomic mass is 10.1. The summed E-state index contributed by atoms with van der Waals surface area (Å²) in [6.45, 7) is 0.548. The van der Waals surface area contributed by atoms with Crippen molar-refractivity contribution in [2.75, 3.05) is 24.8 Å². The number of nitrogens with one attached hydrogen (secondary N) is 1. The number of fused-ring (bicyclic) bond motifs is 1.